The fourth-order valence-electron chi connectivity index (χ4n) is 1.03. The van der Waals surface area contributed by atoms with Gasteiger partial charge in [-0.1, -0.05) is 6.92 Å². The third-order valence-electron chi connectivity index (χ3n) is 1.80. The van der Waals surface area contributed by atoms with Crippen molar-refractivity contribution in [2.45, 2.75) is 13.3 Å². The van der Waals surface area contributed by atoms with Gasteiger partial charge in [-0.05, 0) is 30.7 Å². The van der Waals surface area contributed by atoms with Gasteiger partial charge in [-0.15, -0.1) is 0 Å². The van der Waals surface area contributed by atoms with Crippen molar-refractivity contribution in [1.82, 2.24) is 0 Å². The van der Waals surface area contributed by atoms with Gasteiger partial charge in [0.05, 0.1) is 17.7 Å². The van der Waals surface area contributed by atoms with Crippen LogP contribution < -0.4 is 51.4 Å². The predicted octanol–water partition coefficient (Wildman–Crippen LogP) is -0.932. The number of esters is 1. The number of hydrogen-bond acceptors (Lipinski definition) is 3. The topological polar surface area (TPSA) is 63.6 Å². The summed E-state index contributed by atoms with van der Waals surface area (Å²) in [6.07, 6.45) is 0.763. The van der Waals surface area contributed by atoms with Crippen LogP contribution in [0.1, 0.15) is 35.5 Å². The molecule has 0 aliphatic heterocycles. The third-order valence-corrected chi connectivity index (χ3v) is 1.80. The number of carboxylic acid groups (broad SMARTS) is 1. The standard InChI is InChI=1S/C11H12O4.K.H/c1-2-7-15-11(14)9-5-3-8(4-6-9)10(12)13;;/h3-6H,2,7H2,1H3,(H,12,13);;/q;+1;-1. The average molecular weight is 248 g/mol. The van der Waals surface area contributed by atoms with Crippen molar-refractivity contribution in [3.8, 4) is 0 Å². The fraction of sp³-hybridized carbons (Fsp3) is 0.273. The van der Waals surface area contributed by atoms with Gasteiger partial charge in [-0.3, -0.25) is 0 Å². The summed E-state index contributed by atoms with van der Waals surface area (Å²) in [5, 5.41) is 8.64. The first-order valence-electron chi connectivity index (χ1n) is 4.65. The van der Waals surface area contributed by atoms with Crippen molar-refractivity contribution in [1.29, 1.82) is 0 Å². The van der Waals surface area contributed by atoms with E-state index in [2.05, 4.69) is 0 Å². The second kappa shape index (κ2) is 7.97. The molecule has 1 aromatic rings. The summed E-state index contributed by atoms with van der Waals surface area (Å²) in [5.74, 6) is -1.43. The molecular weight excluding hydrogens is 235 g/mol. The summed E-state index contributed by atoms with van der Waals surface area (Å²) < 4.78 is 4.89. The zero-order valence-electron chi connectivity index (χ0n) is 10.4. The second-order valence-electron chi connectivity index (χ2n) is 3.02. The van der Waals surface area contributed by atoms with Gasteiger partial charge < -0.3 is 11.3 Å². The van der Waals surface area contributed by atoms with Crippen molar-refractivity contribution in [2.75, 3.05) is 6.61 Å². The predicted molar refractivity (Wildman–Crippen MR) is 55.1 cm³/mol. The molecule has 0 aliphatic rings. The Kier molecular flexibility index (Phi) is 7.87. The molecule has 0 aliphatic carbocycles. The maximum absolute atomic E-state index is 11.3. The minimum absolute atomic E-state index is 0. The van der Waals surface area contributed by atoms with Gasteiger partial charge in [0, 0.05) is 0 Å². The zero-order chi connectivity index (χ0) is 11.3. The van der Waals surface area contributed by atoms with Crippen molar-refractivity contribution in [3.63, 3.8) is 0 Å². The Morgan fingerprint density at radius 2 is 1.75 bits per heavy atom. The number of carbonyl (C=O) groups is 2. The Labute approximate surface area is 138 Å². The molecule has 0 unspecified atom stereocenters. The molecule has 0 amide bonds. The molecule has 16 heavy (non-hydrogen) atoms. The van der Waals surface area contributed by atoms with Gasteiger partial charge in [-0.25, -0.2) is 9.59 Å². The van der Waals surface area contributed by atoms with Crippen LogP contribution in [0.15, 0.2) is 24.3 Å². The maximum Gasteiger partial charge on any atom is 1.00 e. The van der Waals surface area contributed by atoms with E-state index in [9.17, 15) is 9.59 Å². The minimum atomic E-state index is -1.01. The van der Waals surface area contributed by atoms with Crippen LogP contribution in [0, 0.1) is 0 Å². The summed E-state index contributed by atoms with van der Waals surface area (Å²) in [5.41, 5.74) is 0.524. The number of carboxylic acids is 1. The summed E-state index contributed by atoms with van der Waals surface area (Å²) in [4.78, 5) is 21.9. The molecule has 0 heterocycles. The molecule has 0 saturated heterocycles. The second-order valence-corrected chi connectivity index (χ2v) is 3.02. The van der Waals surface area contributed by atoms with Crippen LogP contribution >= 0.6 is 0 Å². The van der Waals surface area contributed by atoms with E-state index in [-0.39, 0.29) is 58.4 Å². The molecule has 0 radical (unpaired) electrons. The van der Waals surface area contributed by atoms with Crippen LogP contribution in [0.2, 0.25) is 0 Å². The van der Waals surface area contributed by atoms with Crippen LogP contribution in [0.5, 0.6) is 0 Å². The number of aromatic carboxylic acids is 1. The minimum Gasteiger partial charge on any atom is -1.00 e. The van der Waals surface area contributed by atoms with Gasteiger partial charge in [0.25, 0.3) is 0 Å². The number of carbonyl (C=O) groups excluding carboxylic acids is 1. The quantitative estimate of drug-likeness (QED) is 0.552. The number of benzene rings is 1. The van der Waals surface area contributed by atoms with Gasteiger partial charge in [-0.2, -0.15) is 0 Å². The summed E-state index contributed by atoms with van der Waals surface area (Å²) in [7, 11) is 0. The van der Waals surface area contributed by atoms with E-state index in [0.29, 0.717) is 12.2 Å². The third kappa shape index (κ3) is 4.76. The van der Waals surface area contributed by atoms with Gasteiger partial charge in [0.2, 0.25) is 0 Å². The van der Waals surface area contributed by atoms with Crippen molar-refractivity contribution >= 4 is 11.9 Å². The summed E-state index contributed by atoms with van der Waals surface area (Å²) >= 11 is 0. The normalized spacial score (nSPS) is 9.06. The molecule has 82 valence electrons. The summed E-state index contributed by atoms with van der Waals surface area (Å²) in [6, 6.07) is 5.65. The Balaban J connectivity index is 0. The average Bonchev–Trinajstić information content (AvgIpc) is 2.26. The van der Waals surface area contributed by atoms with Gasteiger partial charge >= 0.3 is 63.3 Å². The Hall–Kier alpha value is -0.204. The molecule has 0 fully saturated rings. The van der Waals surface area contributed by atoms with E-state index in [1.165, 1.54) is 24.3 Å². The molecule has 0 spiro atoms. The first-order valence-corrected chi connectivity index (χ1v) is 4.65. The molecule has 0 bridgehead atoms. The molecule has 1 aromatic carbocycles. The Morgan fingerprint density at radius 1 is 1.25 bits per heavy atom. The smallest absolute Gasteiger partial charge is 1.00 e. The van der Waals surface area contributed by atoms with Crippen molar-refractivity contribution in [2.24, 2.45) is 0 Å². The first kappa shape index (κ1) is 15.8. The van der Waals surface area contributed by atoms with E-state index in [1.807, 2.05) is 6.92 Å². The molecule has 5 heteroatoms. The Bertz CT molecular complexity index is 364. The molecule has 4 nitrogen and oxygen atoms in total. The molecule has 0 atom stereocenters. The molecule has 0 saturated carbocycles. The Morgan fingerprint density at radius 3 is 2.19 bits per heavy atom. The van der Waals surface area contributed by atoms with E-state index < -0.39 is 11.9 Å². The van der Waals surface area contributed by atoms with Gasteiger partial charge in [0.15, 0.2) is 0 Å². The number of ether oxygens (including phenoxy) is 1. The molecule has 0 aromatic heterocycles. The van der Waals surface area contributed by atoms with E-state index in [0.717, 1.165) is 6.42 Å². The van der Waals surface area contributed by atoms with E-state index >= 15 is 0 Å². The molecule has 1 N–H and O–H groups in total. The SMILES string of the molecule is CCCOC(=O)c1ccc(C(=O)O)cc1.[H-].[K+]. The van der Waals surface area contributed by atoms with Crippen LogP contribution in [0.3, 0.4) is 0 Å². The monoisotopic (exact) mass is 248 g/mol. The number of hydrogen-bond donors (Lipinski definition) is 1. The van der Waals surface area contributed by atoms with Crippen LogP contribution in [0.25, 0.3) is 0 Å². The van der Waals surface area contributed by atoms with Gasteiger partial charge in [0.1, 0.15) is 0 Å². The molecule has 1 rings (SSSR count). The zero-order valence-corrected chi connectivity index (χ0v) is 12.5. The molecular formula is C11H13KO4. The van der Waals surface area contributed by atoms with Crippen molar-refractivity contribution in [3.05, 3.63) is 35.4 Å². The summed E-state index contributed by atoms with van der Waals surface area (Å²) in [6.45, 7) is 2.28. The van der Waals surface area contributed by atoms with Crippen LogP contribution in [0.4, 0.5) is 0 Å². The first-order chi connectivity index (χ1) is 7.15. The largest absolute Gasteiger partial charge is 1.00 e. The van der Waals surface area contributed by atoms with Crippen LogP contribution in [-0.2, 0) is 4.74 Å². The maximum atomic E-state index is 11.3. The van der Waals surface area contributed by atoms with E-state index in [1.54, 1.807) is 0 Å². The fourth-order valence-corrected chi connectivity index (χ4v) is 1.03. The van der Waals surface area contributed by atoms with Crippen molar-refractivity contribution < 1.29 is 72.2 Å². The van der Waals surface area contributed by atoms with E-state index in [4.69, 9.17) is 9.84 Å². The number of rotatable bonds is 4. The van der Waals surface area contributed by atoms with Crippen LogP contribution in [-0.4, -0.2) is 23.7 Å².